The molecule has 0 N–H and O–H groups in total. The van der Waals surface area contributed by atoms with E-state index in [4.69, 9.17) is 4.98 Å². The number of aryl methyl sites for hydroxylation is 3. The zero-order chi connectivity index (χ0) is 25.8. The molecule has 3 aromatic carbocycles. The van der Waals surface area contributed by atoms with Crippen molar-refractivity contribution >= 4 is 0 Å². The molecule has 0 radical (unpaired) electrons. The highest BCUT2D eigenvalue weighted by molar-refractivity contribution is 5.72. The van der Waals surface area contributed by atoms with Gasteiger partial charge in [0.1, 0.15) is 5.82 Å². The third kappa shape index (κ3) is 5.15. The summed E-state index contributed by atoms with van der Waals surface area (Å²) < 4.78 is 2.51. The molecule has 1 aliphatic rings. The predicted octanol–water partition coefficient (Wildman–Crippen LogP) is 8.40. The topological polar surface area (TPSA) is 21.1 Å². The minimum absolute atomic E-state index is 0.457. The van der Waals surface area contributed by atoms with Crippen molar-refractivity contribution in [2.45, 2.75) is 78.9 Å². The van der Waals surface area contributed by atoms with Crippen LogP contribution in [0.1, 0.15) is 74.0 Å². The molecule has 2 heterocycles. The number of benzene rings is 3. The van der Waals surface area contributed by atoms with E-state index in [-0.39, 0.29) is 0 Å². The molecule has 0 saturated carbocycles. The summed E-state index contributed by atoms with van der Waals surface area (Å²) in [6.45, 7) is 11.9. The van der Waals surface area contributed by atoms with Gasteiger partial charge in [0.2, 0.25) is 0 Å². The third-order valence-corrected chi connectivity index (χ3v) is 8.09. The van der Waals surface area contributed by atoms with E-state index in [1.807, 2.05) is 0 Å². The van der Waals surface area contributed by atoms with Gasteiger partial charge in [-0.2, -0.15) is 0 Å². The Labute approximate surface area is 223 Å². The van der Waals surface area contributed by atoms with Crippen molar-refractivity contribution in [3.63, 3.8) is 0 Å². The van der Waals surface area contributed by atoms with Gasteiger partial charge in [-0.05, 0) is 62.8 Å². The standard InChI is InChI=1S/C34H41N3/c1-5-26-16-13-17-27(6-2)32(26)34-35-33(29-21-19-25(4)20-22-29)31(37(34)7-3)24-36-23-12-11-18-30(36)28-14-9-8-10-15-28/h8-10,13-17,19-22,30H,5-7,11-12,18,23-24H2,1-4H3. The molecule has 0 bridgehead atoms. The molecule has 0 amide bonds. The quantitative estimate of drug-likeness (QED) is 0.247. The molecule has 5 rings (SSSR count). The van der Waals surface area contributed by atoms with Crippen LogP contribution in [0.2, 0.25) is 0 Å². The Kier molecular flexibility index (Phi) is 7.90. The van der Waals surface area contributed by atoms with Crippen LogP contribution in [0.15, 0.2) is 72.8 Å². The van der Waals surface area contributed by atoms with Gasteiger partial charge in [0.25, 0.3) is 0 Å². The lowest BCUT2D eigenvalue weighted by atomic mass is 9.95. The molecule has 1 fully saturated rings. The Morgan fingerprint density at radius 2 is 1.51 bits per heavy atom. The maximum atomic E-state index is 5.47. The van der Waals surface area contributed by atoms with Gasteiger partial charge < -0.3 is 4.57 Å². The fourth-order valence-corrected chi connectivity index (χ4v) is 6.08. The second kappa shape index (κ2) is 11.5. The van der Waals surface area contributed by atoms with E-state index >= 15 is 0 Å². The van der Waals surface area contributed by atoms with E-state index < -0.39 is 0 Å². The number of rotatable bonds is 8. The van der Waals surface area contributed by atoms with Gasteiger partial charge in [0, 0.05) is 30.3 Å². The van der Waals surface area contributed by atoms with Gasteiger partial charge in [0.15, 0.2) is 0 Å². The normalized spacial score (nSPS) is 16.3. The average molecular weight is 492 g/mol. The predicted molar refractivity (Wildman–Crippen MR) is 156 cm³/mol. The average Bonchev–Trinajstić information content (AvgIpc) is 3.31. The number of piperidine rings is 1. The van der Waals surface area contributed by atoms with Crippen LogP contribution >= 0.6 is 0 Å². The number of nitrogens with zero attached hydrogens (tertiary/aromatic N) is 3. The number of aromatic nitrogens is 2. The number of hydrogen-bond donors (Lipinski definition) is 0. The Bertz CT molecular complexity index is 1300. The first-order chi connectivity index (χ1) is 18.1. The van der Waals surface area contributed by atoms with Crippen LogP contribution in [0.4, 0.5) is 0 Å². The van der Waals surface area contributed by atoms with Crippen molar-refractivity contribution in [1.82, 2.24) is 14.5 Å². The molecule has 1 atom stereocenters. The van der Waals surface area contributed by atoms with E-state index in [1.54, 1.807) is 0 Å². The molecule has 1 saturated heterocycles. The maximum absolute atomic E-state index is 5.47. The van der Waals surface area contributed by atoms with Crippen LogP contribution in [0.5, 0.6) is 0 Å². The van der Waals surface area contributed by atoms with Crippen LogP contribution in [0, 0.1) is 6.92 Å². The Balaban J connectivity index is 1.67. The monoisotopic (exact) mass is 491 g/mol. The molecular formula is C34H41N3. The molecule has 3 heteroatoms. The minimum Gasteiger partial charge on any atom is -0.327 e. The first-order valence-electron chi connectivity index (χ1n) is 14.2. The zero-order valence-corrected chi connectivity index (χ0v) is 23.0. The zero-order valence-electron chi connectivity index (χ0n) is 23.0. The lowest BCUT2D eigenvalue weighted by Crippen LogP contribution is -2.33. The van der Waals surface area contributed by atoms with Crippen molar-refractivity contribution in [3.8, 4) is 22.6 Å². The molecule has 1 unspecified atom stereocenters. The lowest BCUT2D eigenvalue weighted by Gasteiger charge is -2.36. The molecule has 0 aliphatic carbocycles. The molecule has 192 valence electrons. The van der Waals surface area contributed by atoms with Crippen molar-refractivity contribution in [1.29, 1.82) is 0 Å². The van der Waals surface area contributed by atoms with Crippen LogP contribution in [0.3, 0.4) is 0 Å². The van der Waals surface area contributed by atoms with Crippen LogP contribution < -0.4 is 0 Å². The van der Waals surface area contributed by atoms with Crippen molar-refractivity contribution in [2.24, 2.45) is 0 Å². The van der Waals surface area contributed by atoms with Gasteiger partial charge >= 0.3 is 0 Å². The summed E-state index contributed by atoms with van der Waals surface area (Å²) in [7, 11) is 0. The maximum Gasteiger partial charge on any atom is 0.141 e. The highest BCUT2D eigenvalue weighted by atomic mass is 15.2. The summed E-state index contributed by atoms with van der Waals surface area (Å²) in [5, 5.41) is 0. The second-order valence-corrected chi connectivity index (χ2v) is 10.4. The van der Waals surface area contributed by atoms with Gasteiger partial charge in [-0.15, -0.1) is 0 Å². The van der Waals surface area contributed by atoms with E-state index in [1.165, 1.54) is 58.3 Å². The number of hydrogen-bond acceptors (Lipinski definition) is 2. The molecule has 1 aromatic heterocycles. The van der Waals surface area contributed by atoms with Crippen molar-refractivity contribution in [3.05, 3.63) is 101 Å². The Morgan fingerprint density at radius 1 is 0.811 bits per heavy atom. The van der Waals surface area contributed by atoms with E-state index in [2.05, 4.69) is 110 Å². The minimum atomic E-state index is 0.457. The summed E-state index contributed by atoms with van der Waals surface area (Å²) in [5.41, 5.74) is 10.5. The van der Waals surface area contributed by atoms with Gasteiger partial charge in [-0.3, -0.25) is 4.90 Å². The summed E-state index contributed by atoms with van der Waals surface area (Å²) >= 11 is 0. The van der Waals surface area contributed by atoms with E-state index in [0.29, 0.717) is 6.04 Å². The fraction of sp³-hybridized carbons (Fsp3) is 0.382. The Hall–Kier alpha value is -3.17. The number of imidazole rings is 1. The molecule has 4 aromatic rings. The van der Waals surface area contributed by atoms with Gasteiger partial charge in [-0.25, -0.2) is 4.98 Å². The molecule has 1 aliphatic heterocycles. The Morgan fingerprint density at radius 3 is 2.16 bits per heavy atom. The summed E-state index contributed by atoms with van der Waals surface area (Å²) in [5.74, 6) is 1.13. The molecule has 37 heavy (non-hydrogen) atoms. The van der Waals surface area contributed by atoms with Gasteiger partial charge in [0.05, 0.1) is 11.4 Å². The molecular weight excluding hydrogens is 450 g/mol. The van der Waals surface area contributed by atoms with Crippen LogP contribution in [-0.4, -0.2) is 21.0 Å². The lowest BCUT2D eigenvalue weighted by molar-refractivity contribution is 0.137. The first-order valence-corrected chi connectivity index (χ1v) is 14.2. The van der Waals surface area contributed by atoms with Crippen molar-refractivity contribution < 1.29 is 0 Å². The smallest absolute Gasteiger partial charge is 0.141 e. The molecule has 3 nitrogen and oxygen atoms in total. The fourth-order valence-electron chi connectivity index (χ4n) is 6.08. The largest absolute Gasteiger partial charge is 0.327 e. The molecule has 0 spiro atoms. The van der Waals surface area contributed by atoms with Crippen LogP contribution in [-0.2, 0) is 25.9 Å². The highest BCUT2D eigenvalue weighted by Gasteiger charge is 2.28. The summed E-state index contributed by atoms with van der Waals surface area (Å²) in [4.78, 5) is 8.17. The first kappa shape index (κ1) is 25.5. The van der Waals surface area contributed by atoms with Gasteiger partial charge in [-0.1, -0.05) is 98.6 Å². The van der Waals surface area contributed by atoms with E-state index in [9.17, 15) is 0 Å². The number of likely N-dealkylation sites (tertiary alicyclic amines) is 1. The van der Waals surface area contributed by atoms with Crippen molar-refractivity contribution in [2.75, 3.05) is 6.54 Å². The second-order valence-electron chi connectivity index (χ2n) is 10.4. The summed E-state index contributed by atoms with van der Waals surface area (Å²) in [6.07, 6.45) is 5.79. The van der Waals surface area contributed by atoms with Crippen LogP contribution in [0.25, 0.3) is 22.6 Å². The SMILES string of the molecule is CCc1cccc(CC)c1-c1nc(-c2ccc(C)cc2)c(CN2CCCCC2c2ccccc2)n1CC. The third-order valence-electron chi connectivity index (χ3n) is 8.09. The van der Waals surface area contributed by atoms with E-state index in [0.717, 1.165) is 44.0 Å². The highest BCUT2D eigenvalue weighted by Crippen LogP contribution is 2.37. The summed E-state index contributed by atoms with van der Waals surface area (Å²) in [6, 6.07) is 27.3.